The molecule has 1 fully saturated rings. The van der Waals surface area contributed by atoms with Crippen molar-refractivity contribution in [1.29, 1.82) is 0 Å². The molecule has 5 nitrogen and oxygen atoms in total. The zero-order valence-electron chi connectivity index (χ0n) is 20.5. The van der Waals surface area contributed by atoms with Gasteiger partial charge < -0.3 is 9.47 Å². The normalized spacial score (nSPS) is 14.7. The smallest absolute Gasteiger partial charge is 0.344 e. The number of rotatable bonds is 6. The molecule has 0 N–H and O–H groups in total. The third kappa shape index (κ3) is 4.42. The molecule has 184 valence electrons. The fourth-order valence-corrected chi connectivity index (χ4v) is 7.67. The molecule has 3 aromatic carbocycles. The lowest BCUT2D eigenvalue weighted by Gasteiger charge is -2.27. The number of hydrogen-bond acceptors (Lipinski definition) is 5. The first-order valence-electron chi connectivity index (χ1n) is 12.4. The van der Waals surface area contributed by atoms with Crippen LogP contribution in [-0.2, 0) is 14.3 Å². The molecule has 4 aromatic rings. The Bertz CT molecular complexity index is 1470. The minimum absolute atomic E-state index is 0.0174. The third-order valence-corrected chi connectivity index (χ3v) is 9.63. The maximum absolute atomic E-state index is 13.1. The molecule has 0 atom stereocenters. The molecule has 36 heavy (non-hydrogen) atoms. The van der Waals surface area contributed by atoms with Gasteiger partial charge in [0.05, 0.1) is 16.3 Å². The fourth-order valence-electron chi connectivity index (χ4n) is 5.14. The van der Waals surface area contributed by atoms with Crippen molar-refractivity contribution in [2.45, 2.75) is 51.6 Å². The van der Waals surface area contributed by atoms with Gasteiger partial charge in [-0.3, -0.25) is 4.79 Å². The van der Waals surface area contributed by atoms with Crippen LogP contribution in [0.3, 0.4) is 0 Å². The van der Waals surface area contributed by atoms with Crippen molar-refractivity contribution < 1.29 is 19.1 Å². The molecule has 0 amide bonds. The molecular weight excluding hydrogens is 472 g/mol. The number of benzene rings is 3. The highest BCUT2D eigenvalue weighted by Crippen LogP contribution is 2.45. The van der Waals surface area contributed by atoms with Crippen LogP contribution >= 0.6 is 10.5 Å². The van der Waals surface area contributed by atoms with E-state index >= 15 is 0 Å². The average molecular weight is 502 g/mol. The van der Waals surface area contributed by atoms with Crippen molar-refractivity contribution >= 4 is 42.6 Å². The summed E-state index contributed by atoms with van der Waals surface area (Å²) >= 11 is 0. The number of hydrogen-bond donors (Lipinski definition) is 0. The van der Waals surface area contributed by atoms with E-state index in [1.807, 2.05) is 74.5 Å². The van der Waals surface area contributed by atoms with Gasteiger partial charge in [0.1, 0.15) is 5.60 Å². The lowest BCUT2D eigenvalue weighted by atomic mass is 9.99. The number of carbonyl (C=O) groups excluding carboxylic acids is 2. The lowest BCUT2D eigenvalue weighted by molar-refractivity contribution is -0.163. The molecule has 1 aliphatic carbocycles. The average Bonchev–Trinajstić information content (AvgIpc) is 3.37. The van der Waals surface area contributed by atoms with Crippen molar-refractivity contribution in [3.05, 3.63) is 88.1 Å². The first kappa shape index (κ1) is 24.2. The fraction of sp³-hybridized carbons (Fsp3) is 0.300. The van der Waals surface area contributed by atoms with Crippen molar-refractivity contribution in [3.63, 3.8) is 0 Å². The Balaban J connectivity index is 1.47. The Morgan fingerprint density at radius 3 is 2.14 bits per heavy atom. The van der Waals surface area contributed by atoms with E-state index in [2.05, 4.69) is 0 Å². The van der Waals surface area contributed by atoms with Crippen LogP contribution in [0.5, 0.6) is 0 Å². The number of ether oxygens (including phenoxy) is 2. The minimum atomic E-state index is -0.566. The van der Waals surface area contributed by atoms with E-state index in [4.69, 9.17) is 9.47 Å². The summed E-state index contributed by atoms with van der Waals surface area (Å²) in [5.74, 6) is -1.07. The van der Waals surface area contributed by atoms with E-state index < -0.39 is 34.6 Å². The molecule has 5 rings (SSSR count). The summed E-state index contributed by atoms with van der Waals surface area (Å²) in [6.07, 6.45) is 4.58. The van der Waals surface area contributed by atoms with Gasteiger partial charge in [-0.2, -0.15) is 0 Å². The summed E-state index contributed by atoms with van der Waals surface area (Å²) in [7, 11) is -0.560. The highest BCUT2D eigenvalue weighted by Gasteiger charge is 2.36. The van der Waals surface area contributed by atoms with Crippen LogP contribution in [0.1, 0.15) is 54.9 Å². The Morgan fingerprint density at radius 2 is 1.53 bits per heavy atom. The summed E-state index contributed by atoms with van der Waals surface area (Å²) in [4.78, 5) is 39.5. The van der Waals surface area contributed by atoms with Gasteiger partial charge >= 0.3 is 11.9 Å². The molecule has 0 unspecified atom stereocenters. The summed E-state index contributed by atoms with van der Waals surface area (Å²) in [5.41, 5.74) is 0.984. The predicted octanol–water partition coefficient (Wildman–Crippen LogP) is 6.82. The predicted molar refractivity (Wildman–Crippen MR) is 144 cm³/mol. The standard InChI is InChI=1S/C30H29O5S/c1-3-30(16-8-9-17-30)35-27(31)19-34-29(33)21-15-14-20(2)26(18-21)36-24-12-6-4-10-22(24)28(32)23-11-5-7-13-25(23)36/h4-7,10-15,18H,3,8-9,16-17,19H2,1-2H3/q+1. The molecular formula is C30H29O5S+. The lowest BCUT2D eigenvalue weighted by Crippen LogP contribution is -2.33. The van der Waals surface area contributed by atoms with Gasteiger partial charge in [-0.1, -0.05) is 37.3 Å². The highest BCUT2D eigenvalue weighted by molar-refractivity contribution is 7.49. The monoisotopic (exact) mass is 501 g/mol. The van der Waals surface area contributed by atoms with Gasteiger partial charge in [0.15, 0.2) is 20.9 Å². The van der Waals surface area contributed by atoms with Crippen LogP contribution in [0.15, 0.2) is 71.5 Å². The molecule has 1 heterocycles. The number of carbonyl (C=O) groups is 2. The van der Waals surface area contributed by atoms with E-state index in [-0.39, 0.29) is 5.43 Å². The molecule has 1 aliphatic rings. The van der Waals surface area contributed by atoms with Crippen LogP contribution in [0, 0.1) is 6.92 Å². The zero-order valence-corrected chi connectivity index (χ0v) is 21.4. The van der Waals surface area contributed by atoms with Gasteiger partial charge in [-0.05, 0) is 69.4 Å². The molecule has 6 heteroatoms. The highest BCUT2D eigenvalue weighted by atomic mass is 32.2. The van der Waals surface area contributed by atoms with Crippen LogP contribution < -0.4 is 5.43 Å². The summed E-state index contributed by atoms with van der Waals surface area (Å²) < 4.78 is 13.0. The van der Waals surface area contributed by atoms with Crippen molar-refractivity contribution in [3.8, 4) is 4.90 Å². The van der Waals surface area contributed by atoms with Crippen LogP contribution in [-0.4, -0.2) is 24.1 Å². The Morgan fingerprint density at radius 1 is 0.917 bits per heavy atom. The van der Waals surface area contributed by atoms with E-state index in [9.17, 15) is 14.4 Å². The number of esters is 2. The first-order valence-corrected chi connectivity index (χ1v) is 13.6. The quantitative estimate of drug-likeness (QED) is 0.165. The second-order valence-electron chi connectivity index (χ2n) is 9.40. The maximum atomic E-state index is 13.1. The van der Waals surface area contributed by atoms with E-state index in [1.165, 1.54) is 0 Å². The Hall–Kier alpha value is -3.51. The SMILES string of the molecule is CCC1(OC(=O)COC(=O)c2ccc(C)c(-[s+]3c4ccccc4c(=O)c4ccccc43)c2)CCCC1. The maximum Gasteiger partial charge on any atom is 0.344 e. The molecule has 0 bridgehead atoms. The van der Waals surface area contributed by atoms with E-state index in [0.717, 1.165) is 52.0 Å². The van der Waals surface area contributed by atoms with Crippen molar-refractivity contribution in [2.24, 2.45) is 0 Å². The van der Waals surface area contributed by atoms with Crippen LogP contribution in [0.2, 0.25) is 0 Å². The summed E-state index contributed by atoms with van der Waals surface area (Å²) in [6, 6.07) is 20.8. The molecule has 0 saturated heterocycles. The Kier molecular flexibility index (Phi) is 6.63. The zero-order chi connectivity index (χ0) is 25.3. The molecule has 1 saturated carbocycles. The van der Waals surface area contributed by atoms with E-state index in [0.29, 0.717) is 16.3 Å². The van der Waals surface area contributed by atoms with Crippen LogP contribution in [0.25, 0.3) is 25.1 Å². The summed E-state index contributed by atoms with van der Waals surface area (Å²) in [5, 5.41) is 1.37. The van der Waals surface area contributed by atoms with Crippen LogP contribution in [0.4, 0.5) is 0 Å². The number of fused-ring (bicyclic) bond motifs is 2. The van der Waals surface area contributed by atoms with Gasteiger partial charge in [0.2, 0.25) is 5.43 Å². The first-order chi connectivity index (χ1) is 17.4. The van der Waals surface area contributed by atoms with Crippen molar-refractivity contribution in [1.82, 2.24) is 0 Å². The molecule has 0 radical (unpaired) electrons. The van der Waals surface area contributed by atoms with Gasteiger partial charge in [-0.15, -0.1) is 0 Å². The third-order valence-electron chi connectivity index (χ3n) is 7.16. The molecule has 1 aromatic heterocycles. The van der Waals surface area contributed by atoms with Crippen molar-refractivity contribution in [2.75, 3.05) is 6.61 Å². The summed E-state index contributed by atoms with van der Waals surface area (Å²) in [6.45, 7) is 3.62. The van der Waals surface area contributed by atoms with Gasteiger partial charge in [-0.25, -0.2) is 9.59 Å². The second-order valence-corrected chi connectivity index (χ2v) is 11.3. The topological polar surface area (TPSA) is 69.7 Å². The minimum Gasteiger partial charge on any atom is -0.457 e. The van der Waals surface area contributed by atoms with E-state index in [1.54, 1.807) is 6.07 Å². The molecule has 0 spiro atoms. The van der Waals surface area contributed by atoms with Gasteiger partial charge in [0.25, 0.3) is 0 Å². The number of aryl methyl sites for hydroxylation is 1. The van der Waals surface area contributed by atoms with Gasteiger partial charge in [0, 0.05) is 22.1 Å². The Labute approximate surface area is 212 Å². The largest absolute Gasteiger partial charge is 0.457 e. The second kappa shape index (κ2) is 9.86. The molecule has 0 aliphatic heterocycles.